The highest BCUT2D eigenvalue weighted by Crippen LogP contribution is 2.27. The normalized spacial score (nSPS) is 10.4. The maximum Gasteiger partial charge on any atom is 0.259 e. The van der Waals surface area contributed by atoms with Crippen molar-refractivity contribution in [2.24, 2.45) is 0 Å². The number of carbonyl (C=O) groups is 1. The molecule has 0 N–H and O–H groups in total. The Kier molecular flexibility index (Phi) is 5.89. The molecule has 3 aromatic rings. The zero-order chi connectivity index (χ0) is 16.9. The van der Waals surface area contributed by atoms with E-state index in [9.17, 15) is 4.79 Å². The number of benzene rings is 3. The van der Waals surface area contributed by atoms with Crippen molar-refractivity contribution in [1.29, 1.82) is 0 Å². The summed E-state index contributed by atoms with van der Waals surface area (Å²) in [6.45, 7) is 0.546. The number of halogens is 2. The molecule has 0 fully saturated rings. The summed E-state index contributed by atoms with van der Waals surface area (Å²) >= 11 is 4.50. The maximum absolute atomic E-state index is 13.2. The van der Waals surface area contributed by atoms with E-state index in [1.807, 2.05) is 83.8 Å². The number of nitrogens with zero attached hydrogens (tertiary/aromatic N) is 1. The molecule has 0 atom stereocenters. The Morgan fingerprint density at radius 3 is 2.00 bits per heavy atom. The molecule has 1 amide bonds. The van der Waals surface area contributed by atoms with E-state index in [4.69, 9.17) is 0 Å². The summed E-state index contributed by atoms with van der Waals surface area (Å²) < 4.78 is 2.02. The lowest BCUT2D eigenvalue weighted by molar-refractivity contribution is 0.0984. The van der Waals surface area contributed by atoms with Crippen LogP contribution in [-0.2, 0) is 6.54 Å². The standard InChI is InChI=1S/C20H15I2NO/c21-17-11-5-4-10-16(17)20(24)23(14-15-8-2-1-3-9-15)19-13-7-6-12-18(19)22/h1-13H,14H2. The Hall–Kier alpha value is -1.41. The van der Waals surface area contributed by atoms with Crippen LogP contribution in [0.25, 0.3) is 0 Å². The second-order valence-corrected chi connectivity index (χ2v) is 7.63. The third-order valence-electron chi connectivity index (χ3n) is 3.68. The van der Waals surface area contributed by atoms with Gasteiger partial charge in [0.25, 0.3) is 5.91 Å². The zero-order valence-electron chi connectivity index (χ0n) is 12.8. The molecule has 0 saturated carbocycles. The molecular weight excluding hydrogens is 524 g/mol. The topological polar surface area (TPSA) is 20.3 Å². The fraction of sp³-hybridized carbons (Fsp3) is 0.0500. The van der Waals surface area contributed by atoms with Gasteiger partial charge in [-0.2, -0.15) is 0 Å². The minimum Gasteiger partial charge on any atom is -0.303 e. The van der Waals surface area contributed by atoms with E-state index in [2.05, 4.69) is 45.2 Å². The molecule has 0 aliphatic rings. The summed E-state index contributed by atoms with van der Waals surface area (Å²) in [5.41, 5.74) is 2.77. The summed E-state index contributed by atoms with van der Waals surface area (Å²) in [5.74, 6) is 0.0213. The van der Waals surface area contributed by atoms with Crippen molar-refractivity contribution in [2.75, 3.05) is 4.90 Å². The Labute approximate surface area is 169 Å². The van der Waals surface area contributed by atoms with E-state index in [0.29, 0.717) is 6.54 Å². The lowest BCUT2D eigenvalue weighted by atomic mass is 10.1. The van der Waals surface area contributed by atoms with Crippen LogP contribution in [-0.4, -0.2) is 5.91 Å². The number of hydrogen-bond acceptors (Lipinski definition) is 1. The van der Waals surface area contributed by atoms with Crippen LogP contribution in [0.2, 0.25) is 0 Å². The molecule has 3 rings (SSSR count). The molecule has 0 spiro atoms. The Morgan fingerprint density at radius 2 is 1.33 bits per heavy atom. The number of anilines is 1. The van der Waals surface area contributed by atoms with Gasteiger partial charge in [-0.1, -0.05) is 54.6 Å². The van der Waals surface area contributed by atoms with Crippen LogP contribution in [0.3, 0.4) is 0 Å². The van der Waals surface area contributed by atoms with E-state index in [1.54, 1.807) is 0 Å². The lowest BCUT2D eigenvalue weighted by Crippen LogP contribution is -2.31. The van der Waals surface area contributed by atoms with E-state index >= 15 is 0 Å². The number of para-hydroxylation sites is 1. The summed E-state index contributed by atoms with van der Waals surface area (Å²) in [5, 5.41) is 0. The monoisotopic (exact) mass is 539 g/mol. The van der Waals surface area contributed by atoms with E-state index < -0.39 is 0 Å². The van der Waals surface area contributed by atoms with Crippen LogP contribution >= 0.6 is 45.2 Å². The quantitative estimate of drug-likeness (QED) is 0.388. The predicted molar refractivity (Wildman–Crippen MR) is 115 cm³/mol. The van der Waals surface area contributed by atoms with Gasteiger partial charge in [0.2, 0.25) is 0 Å². The third-order valence-corrected chi connectivity index (χ3v) is 5.53. The SMILES string of the molecule is O=C(c1ccccc1I)N(Cc1ccccc1)c1ccccc1I. The Balaban J connectivity index is 2.04. The minimum absolute atomic E-state index is 0.0213. The van der Waals surface area contributed by atoms with Crippen LogP contribution in [0.15, 0.2) is 78.9 Å². The molecule has 0 unspecified atom stereocenters. The van der Waals surface area contributed by atoms with Crippen molar-refractivity contribution in [3.05, 3.63) is 97.1 Å². The van der Waals surface area contributed by atoms with Gasteiger partial charge in [-0.05, 0) is 75.0 Å². The number of carbonyl (C=O) groups excluding carboxylic acids is 1. The second-order valence-electron chi connectivity index (χ2n) is 5.31. The molecule has 4 heteroatoms. The van der Waals surface area contributed by atoms with E-state index in [1.165, 1.54) is 0 Å². The molecule has 24 heavy (non-hydrogen) atoms. The van der Waals surface area contributed by atoms with Crippen LogP contribution < -0.4 is 4.90 Å². The van der Waals surface area contributed by atoms with Gasteiger partial charge < -0.3 is 4.90 Å². The first-order valence-corrected chi connectivity index (χ1v) is 9.67. The molecule has 0 radical (unpaired) electrons. The van der Waals surface area contributed by atoms with Gasteiger partial charge in [0.15, 0.2) is 0 Å². The fourth-order valence-corrected chi connectivity index (χ4v) is 3.78. The van der Waals surface area contributed by atoms with Gasteiger partial charge in [-0.25, -0.2) is 0 Å². The van der Waals surface area contributed by atoms with Gasteiger partial charge in [-0.3, -0.25) is 4.79 Å². The van der Waals surface area contributed by atoms with Crippen LogP contribution in [0.4, 0.5) is 5.69 Å². The molecular formula is C20H15I2NO. The summed E-state index contributed by atoms with van der Waals surface area (Å²) in [4.78, 5) is 15.1. The van der Waals surface area contributed by atoms with Gasteiger partial charge in [-0.15, -0.1) is 0 Å². The van der Waals surface area contributed by atoms with E-state index in [-0.39, 0.29) is 5.91 Å². The van der Waals surface area contributed by atoms with Crippen molar-refractivity contribution < 1.29 is 4.79 Å². The molecule has 0 aromatic heterocycles. The Bertz CT molecular complexity index is 849. The highest BCUT2D eigenvalue weighted by atomic mass is 127. The van der Waals surface area contributed by atoms with Crippen LogP contribution in [0.5, 0.6) is 0 Å². The Morgan fingerprint density at radius 1 is 0.750 bits per heavy atom. The molecule has 2 nitrogen and oxygen atoms in total. The molecule has 0 saturated heterocycles. The predicted octanol–water partition coefficient (Wildman–Crippen LogP) is 5.74. The number of rotatable bonds is 4. The molecule has 0 heterocycles. The first-order chi connectivity index (χ1) is 11.7. The molecule has 0 aliphatic heterocycles. The molecule has 3 aromatic carbocycles. The van der Waals surface area contributed by atoms with Gasteiger partial charge in [0.05, 0.1) is 17.8 Å². The van der Waals surface area contributed by atoms with E-state index in [0.717, 1.165) is 24.0 Å². The molecule has 120 valence electrons. The van der Waals surface area contributed by atoms with Gasteiger partial charge >= 0.3 is 0 Å². The molecule has 0 aliphatic carbocycles. The zero-order valence-corrected chi connectivity index (χ0v) is 17.1. The van der Waals surface area contributed by atoms with Gasteiger partial charge in [0, 0.05) is 7.14 Å². The second kappa shape index (κ2) is 8.11. The number of hydrogen-bond donors (Lipinski definition) is 0. The van der Waals surface area contributed by atoms with Crippen molar-refractivity contribution in [3.63, 3.8) is 0 Å². The smallest absolute Gasteiger partial charge is 0.259 e. The maximum atomic E-state index is 13.2. The van der Waals surface area contributed by atoms with Crippen molar-refractivity contribution in [2.45, 2.75) is 6.54 Å². The fourth-order valence-electron chi connectivity index (χ4n) is 2.48. The van der Waals surface area contributed by atoms with Crippen molar-refractivity contribution in [1.82, 2.24) is 0 Å². The first-order valence-electron chi connectivity index (χ1n) is 7.51. The molecule has 0 bridgehead atoms. The van der Waals surface area contributed by atoms with Crippen molar-refractivity contribution in [3.8, 4) is 0 Å². The third kappa shape index (κ3) is 3.97. The lowest BCUT2D eigenvalue weighted by Gasteiger charge is -2.25. The van der Waals surface area contributed by atoms with Gasteiger partial charge in [0.1, 0.15) is 0 Å². The van der Waals surface area contributed by atoms with Crippen LogP contribution in [0.1, 0.15) is 15.9 Å². The summed E-state index contributed by atoms with van der Waals surface area (Å²) in [6, 6.07) is 25.8. The highest BCUT2D eigenvalue weighted by molar-refractivity contribution is 14.1. The van der Waals surface area contributed by atoms with Crippen molar-refractivity contribution >= 4 is 56.8 Å². The average molecular weight is 539 g/mol. The number of amides is 1. The minimum atomic E-state index is 0.0213. The first kappa shape index (κ1) is 17.4. The van der Waals surface area contributed by atoms with Crippen LogP contribution in [0, 0.1) is 7.14 Å². The average Bonchev–Trinajstić information content (AvgIpc) is 2.61. The summed E-state index contributed by atoms with van der Waals surface area (Å²) in [7, 11) is 0. The summed E-state index contributed by atoms with van der Waals surface area (Å²) in [6.07, 6.45) is 0. The highest BCUT2D eigenvalue weighted by Gasteiger charge is 2.21. The largest absolute Gasteiger partial charge is 0.303 e.